The second kappa shape index (κ2) is 8.94. The second-order valence-corrected chi connectivity index (χ2v) is 7.17. The third-order valence-electron chi connectivity index (χ3n) is 4.71. The lowest BCUT2D eigenvalue weighted by Gasteiger charge is -2.08. The molecule has 1 N–H and O–H groups in total. The number of hydrogen-bond acceptors (Lipinski definition) is 7. The maximum absolute atomic E-state index is 12.8. The van der Waals surface area contributed by atoms with Gasteiger partial charge in [-0.3, -0.25) is 24.3 Å². The van der Waals surface area contributed by atoms with Crippen LogP contribution in [0.15, 0.2) is 59.9 Å². The number of carbonyl (C=O) groups is 1. The molecule has 0 bridgehead atoms. The van der Waals surface area contributed by atoms with Gasteiger partial charge in [0.1, 0.15) is 16.9 Å². The normalized spacial score (nSPS) is 10.9. The predicted molar refractivity (Wildman–Crippen MR) is 116 cm³/mol. The fourth-order valence-corrected chi connectivity index (χ4v) is 3.37. The predicted octanol–water partition coefficient (Wildman–Crippen LogP) is 2.03. The quantitative estimate of drug-likeness (QED) is 0.256. The number of benzene rings is 1. The average molecular weight is 454 g/mol. The first-order valence-electron chi connectivity index (χ1n) is 9.47. The molecule has 0 atom stereocenters. The first-order chi connectivity index (χ1) is 15.4. The number of nitrogens with one attached hydrogen (secondary N) is 1. The Morgan fingerprint density at radius 3 is 2.84 bits per heavy atom. The molecule has 0 aliphatic heterocycles. The van der Waals surface area contributed by atoms with Gasteiger partial charge in [-0.25, -0.2) is 14.6 Å². The molecule has 0 radical (unpaired) electrons. The van der Waals surface area contributed by atoms with E-state index in [0.717, 1.165) is 0 Å². The molecule has 12 heteroatoms. The lowest BCUT2D eigenvalue weighted by atomic mass is 10.2. The zero-order valence-corrected chi connectivity index (χ0v) is 17.3. The van der Waals surface area contributed by atoms with Gasteiger partial charge in [0.05, 0.1) is 29.8 Å². The van der Waals surface area contributed by atoms with Crippen LogP contribution in [0.1, 0.15) is 15.9 Å². The van der Waals surface area contributed by atoms with E-state index in [-0.39, 0.29) is 47.5 Å². The van der Waals surface area contributed by atoms with Crippen LogP contribution in [0.5, 0.6) is 0 Å². The molecule has 1 amide bonds. The van der Waals surface area contributed by atoms with Crippen LogP contribution >= 0.6 is 11.6 Å². The number of nitro groups is 1. The van der Waals surface area contributed by atoms with E-state index >= 15 is 0 Å². The van der Waals surface area contributed by atoms with E-state index < -0.39 is 4.92 Å². The minimum atomic E-state index is -0.487. The van der Waals surface area contributed by atoms with E-state index in [1.165, 1.54) is 40.1 Å². The van der Waals surface area contributed by atoms with Gasteiger partial charge in [0.25, 0.3) is 17.2 Å². The number of aromatic nitrogens is 5. The molecular formula is C20H16ClN7O4. The van der Waals surface area contributed by atoms with Crippen LogP contribution in [0.2, 0.25) is 5.15 Å². The van der Waals surface area contributed by atoms with E-state index in [1.807, 2.05) is 0 Å². The number of nitrogens with zero attached hydrogens (tertiary/aromatic N) is 6. The lowest BCUT2D eigenvalue weighted by molar-refractivity contribution is -0.384. The number of hydrogen-bond donors (Lipinski definition) is 1. The number of non-ortho nitro benzene ring substituents is 1. The van der Waals surface area contributed by atoms with Crippen molar-refractivity contribution in [3.63, 3.8) is 0 Å². The summed E-state index contributed by atoms with van der Waals surface area (Å²) in [7, 11) is 0. The zero-order valence-electron chi connectivity index (χ0n) is 16.5. The van der Waals surface area contributed by atoms with Crippen molar-refractivity contribution in [1.82, 2.24) is 29.6 Å². The standard InChI is InChI=1S/C20H16ClN7O4/c21-17-15(5-2-6-22-17)19(29)23-7-8-27-18-16(10-25-27)20(30)26(12-24-18)11-13-3-1-4-14(9-13)28(31)32/h1-6,9-10,12H,7-8,11H2,(H,23,29). The molecule has 4 rings (SSSR count). The maximum Gasteiger partial charge on any atom is 0.269 e. The van der Waals surface area contributed by atoms with Crippen molar-refractivity contribution in [2.75, 3.05) is 6.54 Å². The Bertz CT molecular complexity index is 1380. The number of halogens is 1. The van der Waals surface area contributed by atoms with Gasteiger partial charge in [0, 0.05) is 24.9 Å². The van der Waals surface area contributed by atoms with E-state index in [2.05, 4.69) is 20.4 Å². The van der Waals surface area contributed by atoms with Crippen molar-refractivity contribution < 1.29 is 9.72 Å². The topological polar surface area (TPSA) is 138 Å². The average Bonchev–Trinajstić information content (AvgIpc) is 3.20. The van der Waals surface area contributed by atoms with E-state index in [4.69, 9.17) is 11.6 Å². The van der Waals surface area contributed by atoms with Crippen molar-refractivity contribution >= 4 is 34.2 Å². The summed E-state index contributed by atoms with van der Waals surface area (Å²) >= 11 is 5.92. The molecule has 3 aromatic heterocycles. The van der Waals surface area contributed by atoms with Crippen LogP contribution in [0.25, 0.3) is 11.0 Å². The van der Waals surface area contributed by atoms with Crippen molar-refractivity contribution in [2.45, 2.75) is 13.1 Å². The van der Waals surface area contributed by atoms with Crippen LogP contribution in [-0.4, -0.2) is 41.7 Å². The van der Waals surface area contributed by atoms with E-state index in [9.17, 15) is 19.7 Å². The highest BCUT2D eigenvalue weighted by Crippen LogP contribution is 2.14. The van der Waals surface area contributed by atoms with Gasteiger partial charge in [0.2, 0.25) is 0 Å². The van der Waals surface area contributed by atoms with Gasteiger partial charge in [-0.05, 0) is 17.7 Å². The largest absolute Gasteiger partial charge is 0.350 e. The summed E-state index contributed by atoms with van der Waals surface area (Å²) in [5.74, 6) is -0.369. The molecule has 3 heterocycles. The number of carbonyl (C=O) groups excluding carboxylic acids is 1. The summed E-state index contributed by atoms with van der Waals surface area (Å²) < 4.78 is 2.87. The van der Waals surface area contributed by atoms with Gasteiger partial charge in [0.15, 0.2) is 5.65 Å². The molecule has 0 spiro atoms. The summed E-state index contributed by atoms with van der Waals surface area (Å²) in [6.45, 7) is 0.657. The number of fused-ring (bicyclic) bond motifs is 1. The molecule has 0 unspecified atom stereocenters. The lowest BCUT2D eigenvalue weighted by Crippen LogP contribution is -2.28. The Labute approximate surface area is 185 Å². The maximum atomic E-state index is 12.8. The smallest absolute Gasteiger partial charge is 0.269 e. The molecule has 0 saturated heterocycles. The zero-order chi connectivity index (χ0) is 22.7. The van der Waals surface area contributed by atoms with Gasteiger partial charge in [-0.2, -0.15) is 5.10 Å². The fraction of sp³-hybridized carbons (Fsp3) is 0.150. The monoisotopic (exact) mass is 453 g/mol. The minimum Gasteiger partial charge on any atom is -0.350 e. The number of rotatable bonds is 7. The molecule has 11 nitrogen and oxygen atoms in total. The Hall–Kier alpha value is -4.12. The molecule has 0 saturated carbocycles. The fourth-order valence-electron chi connectivity index (χ4n) is 3.16. The highest BCUT2D eigenvalue weighted by Gasteiger charge is 2.13. The summed E-state index contributed by atoms with van der Waals surface area (Å²) in [6, 6.07) is 9.25. The number of amides is 1. The Morgan fingerprint density at radius 2 is 2.06 bits per heavy atom. The number of pyridine rings is 1. The van der Waals surface area contributed by atoms with Crippen LogP contribution in [0.4, 0.5) is 5.69 Å². The highest BCUT2D eigenvalue weighted by atomic mass is 35.5. The van der Waals surface area contributed by atoms with E-state index in [0.29, 0.717) is 16.6 Å². The molecule has 162 valence electrons. The molecule has 0 aliphatic carbocycles. The molecular weight excluding hydrogens is 438 g/mol. The molecule has 1 aromatic carbocycles. The van der Waals surface area contributed by atoms with Crippen molar-refractivity contribution in [2.24, 2.45) is 0 Å². The first-order valence-corrected chi connectivity index (χ1v) is 9.85. The third kappa shape index (κ3) is 4.32. The molecule has 0 fully saturated rings. The first kappa shape index (κ1) is 21.1. The minimum absolute atomic E-state index is 0.0491. The van der Waals surface area contributed by atoms with Gasteiger partial charge >= 0.3 is 0 Å². The van der Waals surface area contributed by atoms with Gasteiger partial charge in [-0.1, -0.05) is 23.7 Å². The molecule has 32 heavy (non-hydrogen) atoms. The summed E-state index contributed by atoms with van der Waals surface area (Å²) in [4.78, 5) is 43.7. The molecule has 0 aliphatic rings. The van der Waals surface area contributed by atoms with Crippen LogP contribution < -0.4 is 10.9 Å². The summed E-state index contributed by atoms with van der Waals surface area (Å²) in [5.41, 5.74) is 0.873. The molecule has 4 aromatic rings. The summed E-state index contributed by atoms with van der Waals surface area (Å²) in [5, 5.41) is 18.3. The van der Waals surface area contributed by atoms with Gasteiger partial charge in [-0.15, -0.1) is 0 Å². The van der Waals surface area contributed by atoms with Crippen LogP contribution in [-0.2, 0) is 13.1 Å². The Morgan fingerprint density at radius 1 is 1.22 bits per heavy atom. The van der Waals surface area contributed by atoms with Gasteiger partial charge < -0.3 is 5.32 Å². The third-order valence-corrected chi connectivity index (χ3v) is 5.01. The summed E-state index contributed by atoms with van der Waals surface area (Å²) in [6.07, 6.45) is 4.27. The van der Waals surface area contributed by atoms with Crippen molar-refractivity contribution in [1.29, 1.82) is 0 Å². The van der Waals surface area contributed by atoms with Crippen LogP contribution in [0.3, 0.4) is 0 Å². The van der Waals surface area contributed by atoms with Crippen molar-refractivity contribution in [3.8, 4) is 0 Å². The second-order valence-electron chi connectivity index (χ2n) is 6.81. The Kier molecular flexibility index (Phi) is 5.90. The van der Waals surface area contributed by atoms with Crippen molar-refractivity contribution in [3.05, 3.63) is 91.9 Å². The SMILES string of the molecule is O=C(NCCn1ncc2c(=O)n(Cc3cccc([N+](=O)[O-])c3)cnc21)c1cccnc1Cl. The highest BCUT2D eigenvalue weighted by molar-refractivity contribution is 6.32. The Balaban J connectivity index is 1.48. The number of nitro benzene ring substituents is 1. The van der Waals surface area contributed by atoms with E-state index in [1.54, 1.807) is 24.3 Å². The van der Waals surface area contributed by atoms with Crippen LogP contribution in [0, 0.1) is 10.1 Å².